The molecule has 2 amide bonds. The Morgan fingerprint density at radius 2 is 1.89 bits per heavy atom. The first kappa shape index (κ1) is 30.5. The molecule has 0 radical (unpaired) electrons. The number of aromatic nitrogens is 2. The van der Waals surface area contributed by atoms with Crippen molar-refractivity contribution in [1.29, 1.82) is 0 Å². The van der Waals surface area contributed by atoms with Gasteiger partial charge in [0.2, 0.25) is 5.91 Å². The summed E-state index contributed by atoms with van der Waals surface area (Å²) < 4.78 is 11.1. The third-order valence-electron chi connectivity index (χ3n) is 9.47. The molecule has 4 heterocycles. The van der Waals surface area contributed by atoms with E-state index in [-0.39, 0.29) is 24.3 Å². The number of amides is 2. The summed E-state index contributed by atoms with van der Waals surface area (Å²) in [4.78, 5) is 41.0. The minimum absolute atomic E-state index is 0.154. The van der Waals surface area contributed by atoms with Gasteiger partial charge in [0.15, 0.2) is 12.2 Å². The summed E-state index contributed by atoms with van der Waals surface area (Å²) in [6.07, 6.45) is 8.60. The first-order valence-corrected chi connectivity index (χ1v) is 16.6. The number of aliphatic hydroxyl groups excluding tert-OH is 1. The van der Waals surface area contributed by atoms with Crippen molar-refractivity contribution in [2.24, 2.45) is 5.92 Å². The van der Waals surface area contributed by atoms with Gasteiger partial charge >= 0.3 is 0 Å². The van der Waals surface area contributed by atoms with Crippen molar-refractivity contribution in [3.8, 4) is 5.75 Å². The fourth-order valence-electron chi connectivity index (χ4n) is 6.37. The normalized spacial score (nSPS) is 19.2. The van der Waals surface area contributed by atoms with E-state index in [2.05, 4.69) is 37.6 Å². The average Bonchev–Trinajstić information content (AvgIpc) is 3.78. The lowest BCUT2D eigenvalue weighted by Gasteiger charge is -2.36. The molecular formula is C34H43N7O5. The van der Waals surface area contributed by atoms with E-state index in [1.54, 1.807) is 12.3 Å². The van der Waals surface area contributed by atoms with Gasteiger partial charge in [0.05, 0.1) is 12.3 Å². The molecule has 1 atom stereocenters. The van der Waals surface area contributed by atoms with Gasteiger partial charge in [0.25, 0.3) is 5.91 Å². The first-order valence-electron chi connectivity index (χ1n) is 16.6. The monoisotopic (exact) mass is 629 g/mol. The third kappa shape index (κ3) is 7.45. The summed E-state index contributed by atoms with van der Waals surface area (Å²) >= 11 is 0. The van der Waals surface area contributed by atoms with Crippen molar-refractivity contribution in [3.05, 3.63) is 65.4 Å². The predicted octanol–water partition coefficient (Wildman–Crippen LogP) is 2.82. The second kappa shape index (κ2) is 13.7. The number of β-amino-alcohol motifs (C(OH)–C–C–N with tert-alkyl or cyclic N) is 1. The molecule has 46 heavy (non-hydrogen) atoms. The highest BCUT2D eigenvalue weighted by Crippen LogP contribution is 2.32. The minimum atomic E-state index is -0.707. The Morgan fingerprint density at radius 3 is 2.63 bits per heavy atom. The van der Waals surface area contributed by atoms with Crippen LogP contribution in [0.3, 0.4) is 0 Å². The zero-order chi connectivity index (χ0) is 31.5. The van der Waals surface area contributed by atoms with E-state index in [0.717, 1.165) is 56.8 Å². The SMILES string of the molecule is O=C(NCC(O)CN1CCc2cc(OCc3cnco3)ccc2C1)c1cc(NC2CCC2)nc(N2CCN(C(=O)C3CC3)CC2)c1. The summed E-state index contributed by atoms with van der Waals surface area (Å²) in [5.41, 5.74) is 2.97. The molecule has 1 aromatic carbocycles. The van der Waals surface area contributed by atoms with Crippen molar-refractivity contribution in [2.45, 2.75) is 63.8 Å². The quantitative estimate of drug-likeness (QED) is 0.274. The second-order valence-electron chi connectivity index (χ2n) is 13.0. The molecule has 2 aromatic heterocycles. The standard InChI is InChI=1S/C34H43N7O5/c42-28(20-39-9-8-24-14-29(7-6-25(24)19-39)45-21-30-18-35-22-46-30)17-36-33(43)26-15-31(37-27-2-1-3-27)38-32(16-26)40-10-12-41(13-11-40)34(44)23-4-5-23/h6-7,14-16,18,22-23,27-28,42H,1-5,8-13,17,19-21H2,(H,36,43)(H,37,38). The molecule has 3 aromatic rings. The third-order valence-corrected chi connectivity index (χ3v) is 9.47. The van der Waals surface area contributed by atoms with Gasteiger partial charge in [-0.05, 0) is 73.9 Å². The molecule has 2 aliphatic carbocycles. The maximum Gasteiger partial charge on any atom is 0.251 e. The minimum Gasteiger partial charge on any atom is -0.486 e. The zero-order valence-corrected chi connectivity index (χ0v) is 26.2. The van der Waals surface area contributed by atoms with E-state index >= 15 is 0 Å². The van der Waals surface area contributed by atoms with Crippen molar-refractivity contribution in [2.75, 3.05) is 56.0 Å². The number of oxazole rings is 1. The Kier molecular flexibility index (Phi) is 9.07. The molecule has 1 unspecified atom stereocenters. The summed E-state index contributed by atoms with van der Waals surface area (Å²) in [6, 6.07) is 10.1. The van der Waals surface area contributed by atoms with Crippen LogP contribution in [-0.4, -0.2) is 94.6 Å². The number of aliphatic hydroxyl groups is 1. The fourth-order valence-corrected chi connectivity index (χ4v) is 6.37. The Morgan fingerprint density at radius 1 is 1.04 bits per heavy atom. The maximum atomic E-state index is 13.4. The van der Waals surface area contributed by atoms with E-state index in [0.29, 0.717) is 62.5 Å². The number of carbonyl (C=O) groups is 2. The summed E-state index contributed by atoms with van der Waals surface area (Å²) in [6.45, 7) is 5.21. The van der Waals surface area contributed by atoms with Gasteiger partial charge in [0, 0.05) is 69.9 Å². The van der Waals surface area contributed by atoms with Crippen molar-refractivity contribution in [1.82, 2.24) is 25.1 Å². The smallest absolute Gasteiger partial charge is 0.251 e. The number of benzene rings is 1. The lowest BCUT2D eigenvalue weighted by atomic mass is 9.93. The predicted molar refractivity (Wildman–Crippen MR) is 172 cm³/mol. The highest BCUT2D eigenvalue weighted by atomic mass is 16.5. The van der Waals surface area contributed by atoms with Crippen LogP contribution in [0.15, 0.2) is 47.3 Å². The first-order chi connectivity index (χ1) is 22.5. The van der Waals surface area contributed by atoms with Crippen LogP contribution in [0.1, 0.15) is 59.3 Å². The number of anilines is 2. The average molecular weight is 630 g/mol. The number of nitrogens with zero attached hydrogens (tertiary/aromatic N) is 5. The van der Waals surface area contributed by atoms with Crippen LogP contribution in [0.5, 0.6) is 5.75 Å². The van der Waals surface area contributed by atoms with Gasteiger partial charge in [0.1, 0.15) is 24.0 Å². The lowest BCUT2D eigenvalue weighted by Crippen LogP contribution is -2.49. The number of fused-ring (bicyclic) bond motifs is 1. The second-order valence-corrected chi connectivity index (χ2v) is 13.0. The highest BCUT2D eigenvalue weighted by Gasteiger charge is 2.35. The van der Waals surface area contributed by atoms with Crippen LogP contribution in [-0.2, 0) is 24.4 Å². The van der Waals surface area contributed by atoms with Crippen LogP contribution in [0.25, 0.3) is 0 Å². The number of carbonyl (C=O) groups excluding carboxylic acids is 2. The van der Waals surface area contributed by atoms with Gasteiger partial charge in [-0.25, -0.2) is 9.97 Å². The largest absolute Gasteiger partial charge is 0.486 e. The number of nitrogens with one attached hydrogen (secondary N) is 2. The maximum absolute atomic E-state index is 13.4. The van der Waals surface area contributed by atoms with E-state index in [4.69, 9.17) is 14.1 Å². The summed E-state index contributed by atoms with van der Waals surface area (Å²) in [5.74, 6) is 3.18. The number of ether oxygens (including phenoxy) is 1. The Labute approximate surface area is 269 Å². The summed E-state index contributed by atoms with van der Waals surface area (Å²) in [7, 11) is 0. The molecule has 0 spiro atoms. The molecule has 2 aliphatic heterocycles. The van der Waals surface area contributed by atoms with Crippen LogP contribution >= 0.6 is 0 Å². The van der Waals surface area contributed by atoms with Crippen LogP contribution in [0, 0.1) is 5.92 Å². The molecule has 12 heteroatoms. The Balaban J connectivity index is 0.922. The zero-order valence-electron chi connectivity index (χ0n) is 26.2. The topological polar surface area (TPSA) is 136 Å². The molecule has 4 aliphatic rings. The number of rotatable bonds is 12. The lowest BCUT2D eigenvalue weighted by molar-refractivity contribution is -0.132. The van der Waals surface area contributed by atoms with E-state index in [1.165, 1.54) is 23.9 Å². The molecule has 0 bridgehead atoms. The molecular weight excluding hydrogens is 586 g/mol. The van der Waals surface area contributed by atoms with Crippen LogP contribution < -0.4 is 20.3 Å². The molecule has 12 nitrogen and oxygen atoms in total. The van der Waals surface area contributed by atoms with E-state index in [1.807, 2.05) is 17.0 Å². The van der Waals surface area contributed by atoms with Crippen LogP contribution in [0.2, 0.25) is 0 Å². The van der Waals surface area contributed by atoms with E-state index in [9.17, 15) is 14.7 Å². The number of hydrogen-bond acceptors (Lipinski definition) is 10. The van der Waals surface area contributed by atoms with Crippen molar-refractivity contribution < 1.29 is 23.8 Å². The van der Waals surface area contributed by atoms with Gasteiger partial charge in [-0.3, -0.25) is 14.5 Å². The Hall–Kier alpha value is -4.16. The molecule has 1 saturated heterocycles. The van der Waals surface area contributed by atoms with Crippen LogP contribution in [0.4, 0.5) is 11.6 Å². The molecule has 2 saturated carbocycles. The number of hydrogen-bond donors (Lipinski definition) is 3. The van der Waals surface area contributed by atoms with Crippen molar-refractivity contribution in [3.63, 3.8) is 0 Å². The Bertz CT molecular complexity index is 1520. The van der Waals surface area contributed by atoms with E-state index < -0.39 is 6.10 Å². The van der Waals surface area contributed by atoms with Gasteiger partial charge in [-0.1, -0.05) is 6.07 Å². The molecule has 244 valence electrons. The number of pyridine rings is 1. The van der Waals surface area contributed by atoms with Gasteiger partial charge in [-0.15, -0.1) is 0 Å². The molecule has 7 rings (SSSR count). The molecule has 3 fully saturated rings. The van der Waals surface area contributed by atoms with Gasteiger partial charge < -0.3 is 34.7 Å². The van der Waals surface area contributed by atoms with Crippen molar-refractivity contribution >= 4 is 23.5 Å². The summed E-state index contributed by atoms with van der Waals surface area (Å²) in [5, 5.41) is 17.3. The number of piperazine rings is 1. The molecule has 3 N–H and O–H groups in total. The van der Waals surface area contributed by atoms with Gasteiger partial charge in [-0.2, -0.15) is 0 Å². The fraction of sp³-hybridized carbons (Fsp3) is 0.529. The highest BCUT2D eigenvalue weighted by molar-refractivity contribution is 5.95.